The Balaban J connectivity index is 1.53. The number of nitrogens with one attached hydrogen (secondary N) is 2. The molecule has 0 saturated heterocycles. The van der Waals surface area contributed by atoms with Crippen molar-refractivity contribution in [1.82, 2.24) is 20.8 Å². The van der Waals surface area contributed by atoms with E-state index in [1.165, 1.54) is 25.5 Å². The Bertz CT molecular complexity index is 1110. The molecule has 35 heavy (non-hydrogen) atoms. The third-order valence-corrected chi connectivity index (χ3v) is 6.62. The van der Waals surface area contributed by atoms with Crippen LogP contribution in [-0.2, 0) is 16.8 Å². The van der Waals surface area contributed by atoms with Crippen LogP contribution in [0.4, 0.5) is 8.78 Å². The minimum Gasteiger partial charge on any atom is -0.390 e. The third-order valence-electron chi connectivity index (χ3n) is 6.62. The number of carbonyl (C=O) groups excluding carboxylic acids is 1. The molecule has 0 spiro atoms. The van der Waals surface area contributed by atoms with Gasteiger partial charge in [-0.1, -0.05) is 42.6 Å². The van der Waals surface area contributed by atoms with Gasteiger partial charge in [0.05, 0.1) is 12.1 Å². The molecule has 7 nitrogen and oxygen atoms in total. The van der Waals surface area contributed by atoms with Crippen molar-refractivity contribution in [2.75, 3.05) is 6.54 Å². The van der Waals surface area contributed by atoms with Crippen molar-refractivity contribution < 1.29 is 23.2 Å². The fourth-order valence-electron chi connectivity index (χ4n) is 4.95. The van der Waals surface area contributed by atoms with E-state index in [0.717, 1.165) is 49.3 Å². The topological polar surface area (TPSA) is 100 Å². The van der Waals surface area contributed by atoms with Crippen molar-refractivity contribution >= 4 is 5.91 Å². The van der Waals surface area contributed by atoms with Crippen LogP contribution < -0.4 is 10.6 Å². The number of aliphatic hydroxyl groups is 1. The maximum atomic E-state index is 13.7. The third kappa shape index (κ3) is 6.29. The van der Waals surface area contributed by atoms with Crippen molar-refractivity contribution in [1.29, 1.82) is 0 Å². The summed E-state index contributed by atoms with van der Waals surface area (Å²) in [6.45, 7) is 1.54. The molecule has 4 rings (SSSR count). The number of aromatic nitrogens is 2. The molecule has 0 aliphatic heterocycles. The normalized spacial score (nSPS) is 17.0. The van der Waals surface area contributed by atoms with Gasteiger partial charge in [0.2, 0.25) is 18.1 Å². The predicted octanol–water partition coefficient (Wildman–Crippen LogP) is 3.87. The molecule has 1 aliphatic rings. The highest BCUT2D eigenvalue weighted by atomic mass is 19.1. The minimum atomic E-state index is -0.982. The summed E-state index contributed by atoms with van der Waals surface area (Å²) >= 11 is 0. The van der Waals surface area contributed by atoms with Crippen molar-refractivity contribution in [2.45, 2.75) is 63.1 Å². The number of hydrogen-bond acceptors (Lipinski definition) is 6. The first-order valence-electron chi connectivity index (χ1n) is 11.9. The number of rotatable bonds is 9. The van der Waals surface area contributed by atoms with Crippen LogP contribution in [-0.4, -0.2) is 39.8 Å². The molecule has 0 bridgehead atoms. The number of hydrogen-bond donors (Lipinski definition) is 3. The second kappa shape index (κ2) is 11.0. The number of amides is 1. The van der Waals surface area contributed by atoms with Crippen LogP contribution in [0.2, 0.25) is 0 Å². The number of nitrogens with zero attached hydrogens (tertiary/aromatic N) is 2. The van der Waals surface area contributed by atoms with Crippen LogP contribution in [0, 0.1) is 11.6 Å². The molecule has 9 heteroatoms. The number of aliphatic hydroxyl groups excluding tert-OH is 1. The SMILES string of the molecule is CC(=O)NC(Cc1cc(F)cc(F)c1)C(O)CNC1(c2cccc(-c3ncon3)c2)CCCCC1. The van der Waals surface area contributed by atoms with Crippen molar-refractivity contribution in [3.05, 3.63) is 71.6 Å². The summed E-state index contributed by atoms with van der Waals surface area (Å²) in [5.74, 6) is -1.22. The fourth-order valence-corrected chi connectivity index (χ4v) is 4.95. The zero-order chi connectivity index (χ0) is 24.8. The number of halogens is 2. The van der Waals surface area contributed by atoms with E-state index in [0.29, 0.717) is 11.4 Å². The fraction of sp³-hybridized carbons (Fsp3) is 0.423. The first-order chi connectivity index (χ1) is 16.8. The predicted molar refractivity (Wildman–Crippen MR) is 126 cm³/mol. The highest BCUT2D eigenvalue weighted by Gasteiger charge is 2.35. The van der Waals surface area contributed by atoms with E-state index < -0.39 is 23.8 Å². The van der Waals surface area contributed by atoms with Crippen LogP contribution in [0.3, 0.4) is 0 Å². The highest BCUT2D eigenvalue weighted by Crippen LogP contribution is 2.38. The van der Waals surface area contributed by atoms with Gasteiger partial charge in [-0.25, -0.2) is 8.78 Å². The molecule has 1 saturated carbocycles. The Kier molecular flexibility index (Phi) is 7.87. The standard InChI is InChI=1S/C26H30F2N4O3/c1-17(33)31-23(12-18-10-21(27)14-22(28)11-18)24(34)15-30-26(8-3-2-4-9-26)20-7-5-6-19(13-20)25-29-16-35-32-25/h5-7,10-11,13-14,16,23-24,30,34H,2-4,8-9,12,15H2,1H3,(H,31,33). The lowest BCUT2D eigenvalue weighted by Gasteiger charge is -2.40. The van der Waals surface area contributed by atoms with Gasteiger partial charge >= 0.3 is 0 Å². The van der Waals surface area contributed by atoms with E-state index in [9.17, 15) is 18.7 Å². The van der Waals surface area contributed by atoms with Crippen LogP contribution in [0.1, 0.15) is 50.2 Å². The Morgan fingerprint density at radius 3 is 2.54 bits per heavy atom. The zero-order valence-electron chi connectivity index (χ0n) is 19.6. The molecule has 2 aromatic carbocycles. The summed E-state index contributed by atoms with van der Waals surface area (Å²) in [6.07, 6.45) is 5.38. The smallest absolute Gasteiger partial charge is 0.217 e. The highest BCUT2D eigenvalue weighted by molar-refractivity contribution is 5.73. The van der Waals surface area contributed by atoms with Gasteiger partial charge in [-0.15, -0.1) is 0 Å². The number of benzene rings is 2. The Hall–Kier alpha value is -3.17. The second-order valence-corrected chi connectivity index (χ2v) is 9.22. The van der Waals surface area contributed by atoms with E-state index in [-0.39, 0.29) is 24.4 Å². The average molecular weight is 485 g/mol. The lowest BCUT2D eigenvalue weighted by Crippen LogP contribution is -2.53. The molecule has 1 aromatic heterocycles. The molecule has 1 heterocycles. The Labute approximate surface area is 202 Å². The maximum Gasteiger partial charge on any atom is 0.217 e. The van der Waals surface area contributed by atoms with Crippen LogP contribution in [0.5, 0.6) is 0 Å². The molecular formula is C26H30F2N4O3. The van der Waals surface area contributed by atoms with Gasteiger partial charge in [-0.2, -0.15) is 4.98 Å². The van der Waals surface area contributed by atoms with Crippen LogP contribution >= 0.6 is 0 Å². The van der Waals surface area contributed by atoms with E-state index >= 15 is 0 Å². The molecule has 1 amide bonds. The summed E-state index contributed by atoms with van der Waals surface area (Å²) in [5, 5.41) is 21.3. The molecule has 1 aliphatic carbocycles. The molecule has 2 unspecified atom stereocenters. The lowest BCUT2D eigenvalue weighted by atomic mass is 9.76. The van der Waals surface area contributed by atoms with Gasteiger partial charge in [0, 0.05) is 30.6 Å². The number of carbonyl (C=O) groups is 1. The molecule has 186 valence electrons. The van der Waals surface area contributed by atoms with E-state index in [2.05, 4.69) is 26.8 Å². The monoisotopic (exact) mass is 484 g/mol. The van der Waals surface area contributed by atoms with Crippen molar-refractivity contribution in [3.63, 3.8) is 0 Å². The molecule has 1 fully saturated rings. The van der Waals surface area contributed by atoms with E-state index in [4.69, 9.17) is 4.52 Å². The van der Waals surface area contributed by atoms with Crippen LogP contribution in [0.15, 0.2) is 53.4 Å². The Morgan fingerprint density at radius 1 is 1.14 bits per heavy atom. The quantitative estimate of drug-likeness (QED) is 0.426. The Morgan fingerprint density at radius 2 is 1.89 bits per heavy atom. The molecule has 2 atom stereocenters. The van der Waals surface area contributed by atoms with Gasteiger partial charge < -0.3 is 20.3 Å². The summed E-state index contributed by atoms with van der Waals surface area (Å²) in [4.78, 5) is 16.0. The zero-order valence-corrected chi connectivity index (χ0v) is 19.6. The van der Waals surface area contributed by atoms with Gasteiger partial charge in [0.15, 0.2) is 0 Å². The van der Waals surface area contributed by atoms with Gasteiger partial charge in [-0.3, -0.25) is 4.79 Å². The first-order valence-corrected chi connectivity index (χ1v) is 11.9. The summed E-state index contributed by atoms with van der Waals surface area (Å²) < 4.78 is 32.3. The summed E-state index contributed by atoms with van der Waals surface area (Å²) in [7, 11) is 0. The largest absolute Gasteiger partial charge is 0.390 e. The second-order valence-electron chi connectivity index (χ2n) is 9.22. The average Bonchev–Trinajstić information content (AvgIpc) is 3.37. The minimum absolute atomic E-state index is 0.0947. The molecule has 0 radical (unpaired) electrons. The van der Waals surface area contributed by atoms with Crippen molar-refractivity contribution in [2.24, 2.45) is 0 Å². The van der Waals surface area contributed by atoms with E-state index in [1.54, 1.807) is 0 Å². The molecule has 3 N–H and O–H groups in total. The lowest BCUT2D eigenvalue weighted by molar-refractivity contribution is -0.120. The van der Waals surface area contributed by atoms with Gasteiger partial charge in [0.1, 0.15) is 11.6 Å². The van der Waals surface area contributed by atoms with Crippen LogP contribution in [0.25, 0.3) is 11.4 Å². The first kappa shape index (κ1) is 24.9. The summed E-state index contributed by atoms with van der Waals surface area (Å²) in [6, 6.07) is 10.5. The van der Waals surface area contributed by atoms with Gasteiger partial charge in [-0.05, 0) is 48.6 Å². The van der Waals surface area contributed by atoms with E-state index in [1.807, 2.05) is 18.2 Å². The maximum absolute atomic E-state index is 13.7. The summed E-state index contributed by atoms with van der Waals surface area (Å²) in [5.41, 5.74) is 1.90. The molecule has 3 aromatic rings. The van der Waals surface area contributed by atoms with Crippen molar-refractivity contribution in [3.8, 4) is 11.4 Å². The van der Waals surface area contributed by atoms with Gasteiger partial charge in [0.25, 0.3) is 0 Å². The molecular weight excluding hydrogens is 454 g/mol.